The van der Waals surface area contributed by atoms with E-state index in [9.17, 15) is 9.18 Å². The molecule has 1 heterocycles. The molecule has 0 spiro atoms. The molecular weight excluding hydrogens is 269 g/mol. The number of carbonyl (C=O) groups excluding carboxylic acids is 1. The van der Waals surface area contributed by atoms with Gasteiger partial charge in [0, 0.05) is 29.6 Å². The molecule has 0 radical (unpaired) electrons. The molecule has 0 atom stereocenters. The van der Waals surface area contributed by atoms with Gasteiger partial charge in [0.05, 0.1) is 12.2 Å². The zero-order valence-corrected chi connectivity index (χ0v) is 12.4. The number of nitrogens with zero attached hydrogens (tertiary/aromatic N) is 2. The summed E-state index contributed by atoms with van der Waals surface area (Å²) in [4.78, 5) is 18.2. The highest BCUT2D eigenvalue weighted by Crippen LogP contribution is 2.19. The van der Waals surface area contributed by atoms with Gasteiger partial charge in [-0.15, -0.1) is 0 Å². The van der Waals surface area contributed by atoms with Crippen LogP contribution in [-0.2, 0) is 6.54 Å². The Hall–Kier alpha value is -2.43. The molecule has 0 unspecified atom stereocenters. The molecule has 0 aliphatic carbocycles. The molecule has 5 heteroatoms. The number of aromatic nitrogens is 1. The van der Waals surface area contributed by atoms with E-state index in [1.54, 1.807) is 14.0 Å². The van der Waals surface area contributed by atoms with Gasteiger partial charge in [0.2, 0.25) is 0 Å². The van der Waals surface area contributed by atoms with Crippen molar-refractivity contribution >= 4 is 11.6 Å². The number of amides is 1. The fourth-order valence-electron chi connectivity index (χ4n) is 2.05. The van der Waals surface area contributed by atoms with Crippen LogP contribution in [0.4, 0.5) is 10.1 Å². The number of pyridine rings is 1. The number of benzene rings is 1. The lowest BCUT2D eigenvalue weighted by Crippen LogP contribution is -2.27. The van der Waals surface area contributed by atoms with Crippen molar-refractivity contribution in [3.8, 4) is 0 Å². The number of nitrogens with two attached hydrogens (primary N) is 1. The lowest BCUT2D eigenvalue weighted by atomic mass is 10.1. The van der Waals surface area contributed by atoms with E-state index in [4.69, 9.17) is 5.73 Å². The predicted octanol–water partition coefficient (Wildman–Crippen LogP) is 2.69. The smallest absolute Gasteiger partial charge is 0.254 e. The second kappa shape index (κ2) is 5.91. The van der Waals surface area contributed by atoms with Gasteiger partial charge in [0.1, 0.15) is 5.82 Å². The van der Waals surface area contributed by atoms with E-state index in [2.05, 4.69) is 4.98 Å². The number of rotatable bonds is 3. The summed E-state index contributed by atoms with van der Waals surface area (Å²) in [5.74, 6) is -0.760. The van der Waals surface area contributed by atoms with Crippen molar-refractivity contribution in [1.82, 2.24) is 9.88 Å². The highest BCUT2D eigenvalue weighted by Gasteiger charge is 2.15. The number of hydrogen-bond acceptors (Lipinski definition) is 3. The fraction of sp³-hybridized carbons (Fsp3) is 0.250. The first-order chi connectivity index (χ1) is 9.88. The summed E-state index contributed by atoms with van der Waals surface area (Å²) in [6.45, 7) is 3.83. The van der Waals surface area contributed by atoms with Gasteiger partial charge >= 0.3 is 0 Å². The van der Waals surface area contributed by atoms with Gasteiger partial charge in [0.15, 0.2) is 0 Å². The van der Waals surface area contributed by atoms with Gasteiger partial charge in [0.25, 0.3) is 5.91 Å². The van der Waals surface area contributed by atoms with Crippen LogP contribution in [0.2, 0.25) is 0 Å². The molecule has 0 saturated carbocycles. The summed E-state index contributed by atoms with van der Waals surface area (Å²) in [5, 5.41) is 0. The summed E-state index contributed by atoms with van der Waals surface area (Å²) in [6, 6.07) is 8.34. The number of nitrogen functional groups attached to an aromatic ring is 1. The van der Waals surface area contributed by atoms with Crippen LogP contribution in [0.5, 0.6) is 0 Å². The van der Waals surface area contributed by atoms with Gasteiger partial charge in [-0.1, -0.05) is 6.07 Å². The van der Waals surface area contributed by atoms with E-state index in [1.165, 1.54) is 17.0 Å². The second-order valence-corrected chi connectivity index (χ2v) is 5.10. The van der Waals surface area contributed by atoms with E-state index in [0.717, 1.165) is 11.4 Å². The van der Waals surface area contributed by atoms with Crippen LogP contribution in [0.15, 0.2) is 30.3 Å². The molecule has 1 aromatic carbocycles. The molecule has 1 amide bonds. The lowest BCUT2D eigenvalue weighted by Gasteiger charge is -2.17. The molecular formula is C16H18FN3O. The van der Waals surface area contributed by atoms with Crippen LogP contribution in [0, 0.1) is 19.7 Å². The molecule has 110 valence electrons. The predicted molar refractivity (Wildman–Crippen MR) is 80.3 cm³/mol. The molecule has 0 aliphatic heterocycles. The van der Waals surface area contributed by atoms with Crippen LogP contribution in [0.3, 0.4) is 0 Å². The third-order valence-corrected chi connectivity index (χ3v) is 3.32. The van der Waals surface area contributed by atoms with Crippen LogP contribution in [0.1, 0.15) is 27.3 Å². The maximum absolute atomic E-state index is 13.7. The molecule has 0 bridgehead atoms. The molecule has 1 aromatic heterocycles. The maximum Gasteiger partial charge on any atom is 0.254 e. The summed E-state index contributed by atoms with van der Waals surface area (Å²) in [5.41, 5.74) is 8.26. The molecule has 2 N–H and O–H groups in total. The number of aryl methyl sites for hydroxylation is 1. The summed E-state index contributed by atoms with van der Waals surface area (Å²) < 4.78 is 13.7. The molecule has 2 rings (SSSR count). The molecule has 0 saturated heterocycles. The first kappa shape index (κ1) is 15.0. The maximum atomic E-state index is 13.7. The highest BCUT2D eigenvalue weighted by atomic mass is 19.1. The molecule has 0 aliphatic rings. The Morgan fingerprint density at radius 2 is 2.05 bits per heavy atom. The van der Waals surface area contributed by atoms with Crippen molar-refractivity contribution in [2.45, 2.75) is 20.4 Å². The van der Waals surface area contributed by atoms with E-state index < -0.39 is 5.82 Å². The Kier molecular flexibility index (Phi) is 4.21. The standard InChI is InChI=1S/C16H18FN3O/c1-10-5-4-6-13(19-10)9-20(3)16(21)12-7-14(17)11(2)15(18)8-12/h4-8H,9,18H2,1-3H3. The van der Waals surface area contributed by atoms with Gasteiger partial charge < -0.3 is 10.6 Å². The number of halogens is 1. The first-order valence-corrected chi connectivity index (χ1v) is 6.62. The Labute approximate surface area is 123 Å². The number of anilines is 1. The Bertz CT molecular complexity index is 662. The van der Waals surface area contributed by atoms with E-state index in [1.807, 2.05) is 25.1 Å². The molecule has 21 heavy (non-hydrogen) atoms. The zero-order chi connectivity index (χ0) is 15.6. The first-order valence-electron chi connectivity index (χ1n) is 6.62. The van der Waals surface area contributed by atoms with Crippen molar-refractivity contribution in [1.29, 1.82) is 0 Å². The minimum Gasteiger partial charge on any atom is -0.398 e. The quantitative estimate of drug-likeness (QED) is 0.883. The highest BCUT2D eigenvalue weighted by molar-refractivity contribution is 5.95. The van der Waals surface area contributed by atoms with Gasteiger partial charge in [-0.05, 0) is 38.1 Å². The van der Waals surface area contributed by atoms with Crippen LogP contribution in [-0.4, -0.2) is 22.8 Å². The monoisotopic (exact) mass is 287 g/mol. The van der Waals surface area contributed by atoms with E-state index in [-0.39, 0.29) is 17.2 Å². The third-order valence-electron chi connectivity index (χ3n) is 3.32. The topological polar surface area (TPSA) is 59.2 Å². The third kappa shape index (κ3) is 3.37. The van der Waals surface area contributed by atoms with E-state index >= 15 is 0 Å². The molecule has 2 aromatic rings. The summed E-state index contributed by atoms with van der Waals surface area (Å²) >= 11 is 0. The Balaban J connectivity index is 2.20. The second-order valence-electron chi connectivity index (χ2n) is 5.10. The van der Waals surface area contributed by atoms with Crippen molar-refractivity contribution in [2.24, 2.45) is 0 Å². The van der Waals surface area contributed by atoms with Gasteiger partial charge in [-0.25, -0.2) is 4.39 Å². The molecule has 4 nitrogen and oxygen atoms in total. The van der Waals surface area contributed by atoms with E-state index in [0.29, 0.717) is 12.1 Å². The van der Waals surface area contributed by atoms with Crippen LogP contribution in [0.25, 0.3) is 0 Å². The normalized spacial score (nSPS) is 10.5. The van der Waals surface area contributed by atoms with Crippen molar-refractivity contribution < 1.29 is 9.18 Å². The molecule has 0 fully saturated rings. The van der Waals surface area contributed by atoms with Gasteiger partial charge in [-0.3, -0.25) is 9.78 Å². The van der Waals surface area contributed by atoms with Crippen LogP contribution >= 0.6 is 0 Å². The summed E-state index contributed by atoms with van der Waals surface area (Å²) in [7, 11) is 1.65. The minimum absolute atomic E-state index is 0.241. The summed E-state index contributed by atoms with van der Waals surface area (Å²) in [6.07, 6.45) is 0. The zero-order valence-electron chi connectivity index (χ0n) is 12.4. The SMILES string of the molecule is Cc1cccc(CN(C)C(=O)c2cc(N)c(C)c(F)c2)n1. The Morgan fingerprint density at radius 1 is 1.33 bits per heavy atom. The number of carbonyl (C=O) groups is 1. The van der Waals surface area contributed by atoms with Crippen molar-refractivity contribution in [3.63, 3.8) is 0 Å². The Morgan fingerprint density at radius 3 is 2.67 bits per heavy atom. The van der Waals surface area contributed by atoms with Crippen molar-refractivity contribution in [2.75, 3.05) is 12.8 Å². The lowest BCUT2D eigenvalue weighted by molar-refractivity contribution is 0.0783. The van der Waals surface area contributed by atoms with Crippen molar-refractivity contribution in [3.05, 3.63) is 58.7 Å². The van der Waals surface area contributed by atoms with Crippen LogP contribution < -0.4 is 5.73 Å². The van der Waals surface area contributed by atoms with Gasteiger partial charge in [-0.2, -0.15) is 0 Å². The minimum atomic E-state index is -0.472. The average Bonchev–Trinajstić information content (AvgIpc) is 2.43. The number of hydrogen-bond donors (Lipinski definition) is 1. The average molecular weight is 287 g/mol. The fourth-order valence-corrected chi connectivity index (χ4v) is 2.05. The largest absolute Gasteiger partial charge is 0.398 e.